The molecule has 1 aromatic rings. The Hall–Kier alpha value is -1.80. The van der Waals surface area contributed by atoms with Crippen molar-refractivity contribution < 1.29 is 14.5 Å². The summed E-state index contributed by atoms with van der Waals surface area (Å²) in [7, 11) is 0. The number of non-ortho nitro benzene ring substituents is 1. The van der Waals surface area contributed by atoms with Gasteiger partial charge in [0.05, 0.1) is 16.3 Å². The van der Waals surface area contributed by atoms with E-state index in [0.717, 1.165) is 37.2 Å². The summed E-state index contributed by atoms with van der Waals surface area (Å²) in [4.78, 5) is 24.3. The molecule has 0 radical (unpaired) electrons. The van der Waals surface area contributed by atoms with Gasteiger partial charge in [-0.3, -0.25) is 10.1 Å². The van der Waals surface area contributed by atoms with Crippen LogP contribution >= 0.6 is 11.8 Å². The molecule has 2 heterocycles. The largest absolute Gasteiger partial charge is 0.445 e. The number of hydrogen-bond donors (Lipinski definition) is 1. The average molecular weight is 337 g/mol. The van der Waals surface area contributed by atoms with E-state index in [1.807, 2.05) is 11.8 Å². The van der Waals surface area contributed by atoms with Crippen molar-refractivity contribution >= 4 is 23.5 Å². The number of nitrogens with one attached hydrogen (secondary N) is 1. The highest BCUT2D eigenvalue weighted by Gasteiger charge is 2.37. The smallest absolute Gasteiger partial charge is 0.410 e. The lowest BCUT2D eigenvalue weighted by molar-refractivity contribution is -0.384. The zero-order valence-electron chi connectivity index (χ0n) is 12.6. The Morgan fingerprint density at radius 2 is 2.22 bits per heavy atom. The molecule has 0 saturated carbocycles. The number of carbonyl (C=O) groups is 1. The van der Waals surface area contributed by atoms with E-state index in [-0.39, 0.29) is 24.4 Å². The first-order chi connectivity index (χ1) is 11.1. The van der Waals surface area contributed by atoms with Crippen LogP contribution in [0, 0.1) is 10.1 Å². The van der Waals surface area contributed by atoms with Gasteiger partial charge in [0.15, 0.2) is 0 Å². The number of nitro benzene ring substituents is 1. The van der Waals surface area contributed by atoms with Crippen molar-refractivity contribution in [3.8, 4) is 0 Å². The van der Waals surface area contributed by atoms with Crippen LogP contribution in [0.1, 0.15) is 18.4 Å². The number of nitrogens with zero attached hydrogens (tertiary/aromatic N) is 2. The minimum Gasteiger partial charge on any atom is -0.445 e. The van der Waals surface area contributed by atoms with Crippen LogP contribution in [0.15, 0.2) is 24.3 Å². The van der Waals surface area contributed by atoms with Gasteiger partial charge in [0.2, 0.25) is 0 Å². The zero-order valence-corrected chi connectivity index (χ0v) is 13.5. The molecule has 2 atom stereocenters. The van der Waals surface area contributed by atoms with Crippen LogP contribution in [-0.4, -0.2) is 46.2 Å². The third kappa shape index (κ3) is 3.76. The second-order valence-corrected chi connectivity index (χ2v) is 6.88. The molecule has 23 heavy (non-hydrogen) atoms. The number of rotatable bonds is 4. The molecule has 0 aromatic heterocycles. The Morgan fingerprint density at radius 3 is 2.87 bits per heavy atom. The summed E-state index contributed by atoms with van der Waals surface area (Å²) in [5.41, 5.74) is 0.775. The highest BCUT2D eigenvalue weighted by Crippen LogP contribution is 2.29. The first-order valence-corrected chi connectivity index (χ1v) is 8.72. The third-order valence-electron chi connectivity index (χ3n) is 4.14. The minimum atomic E-state index is -0.448. The summed E-state index contributed by atoms with van der Waals surface area (Å²) in [6, 6.07) is 6.25. The monoisotopic (exact) mass is 337 g/mol. The van der Waals surface area contributed by atoms with Gasteiger partial charge in [-0.2, -0.15) is 0 Å². The summed E-state index contributed by atoms with van der Waals surface area (Å²) in [5, 5.41) is 14.3. The van der Waals surface area contributed by atoms with Gasteiger partial charge in [-0.15, -0.1) is 11.8 Å². The summed E-state index contributed by atoms with van der Waals surface area (Å²) < 4.78 is 5.38. The number of benzene rings is 1. The molecule has 1 aromatic carbocycles. The van der Waals surface area contributed by atoms with Gasteiger partial charge in [0, 0.05) is 31.0 Å². The molecule has 0 aliphatic carbocycles. The van der Waals surface area contributed by atoms with Crippen LogP contribution in [0.4, 0.5) is 10.5 Å². The molecule has 0 bridgehead atoms. The van der Waals surface area contributed by atoms with Gasteiger partial charge in [0.25, 0.3) is 5.69 Å². The number of hydrogen-bond acceptors (Lipinski definition) is 6. The third-order valence-corrected chi connectivity index (χ3v) is 5.42. The van der Waals surface area contributed by atoms with Crippen LogP contribution in [-0.2, 0) is 11.3 Å². The highest BCUT2D eigenvalue weighted by atomic mass is 32.2. The molecule has 2 aliphatic rings. The summed E-state index contributed by atoms with van der Waals surface area (Å²) in [5.74, 6) is 1.08. The molecule has 124 valence electrons. The Kier molecular flexibility index (Phi) is 5.02. The number of likely N-dealkylation sites (tertiary alicyclic amines) is 1. The molecule has 2 aliphatic heterocycles. The minimum absolute atomic E-state index is 0.0315. The van der Waals surface area contributed by atoms with E-state index in [1.165, 1.54) is 12.1 Å². The normalized spacial score (nSPS) is 23.9. The molecule has 0 spiro atoms. The Labute approximate surface area is 138 Å². The number of ether oxygens (including phenoxy) is 1. The SMILES string of the molecule is O=C(OCc1ccc([N+](=O)[O-])cc1)N1CCCC1C1NCCS1. The lowest BCUT2D eigenvalue weighted by Gasteiger charge is -2.28. The quantitative estimate of drug-likeness (QED) is 0.671. The molecule has 2 saturated heterocycles. The summed E-state index contributed by atoms with van der Waals surface area (Å²) >= 11 is 1.86. The van der Waals surface area contributed by atoms with Crippen molar-refractivity contribution in [1.29, 1.82) is 0 Å². The lowest BCUT2D eigenvalue weighted by atomic mass is 10.2. The first kappa shape index (κ1) is 16.1. The molecule has 3 rings (SSSR count). The second-order valence-electron chi connectivity index (χ2n) is 5.63. The van der Waals surface area contributed by atoms with Gasteiger partial charge < -0.3 is 15.0 Å². The van der Waals surface area contributed by atoms with E-state index in [4.69, 9.17) is 4.74 Å². The predicted octanol–water partition coefficient (Wildman–Crippen LogP) is 2.36. The predicted molar refractivity (Wildman–Crippen MR) is 87.3 cm³/mol. The molecule has 8 heteroatoms. The van der Waals surface area contributed by atoms with Crippen molar-refractivity contribution in [2.45, 2.75) is 30.9 Å². The molecule has 1 amide bonds. The van der Waals surface area contributed by atoms with Crippen molar-refractivity contribution in [1.82, 2.24) is 10.2 Å². The number of carbonyl (C=O) groups excluding carboxylic acids is 1. The van der Waals surface area contributed by atoms with Crippen molar-refractivity contribution in [3.05, 3.63) is 39.9 Å². The molecular weight excluding hydrogens is 318 g/mol. The van der Waals surface area contributed by atoms with Crippen LogP contribution < -0.4 is 5.32 Å². The van der Waals surface area contributed by atoms with E-state index in [1.54, 1.807) is 17.0 Å². The standard InChI is InChI=1S/C15H19N3O4S/c19-15(17-8-1-2-13(17)14-16-7-9-23-14)22-10-11-3-5-12(6-4-11)18(20)21/h3-6,13-14,16H,1-2,7-10H2. The zero-order chi connectivity index (χ0) is 16.2. The Bertz CT molecular complexity index is 575. The average Bonchev–Trinajstić information content (AvgIpc) is 3.23. The topological polar surface area (TPSA) is 84.7 Å². The maximum atomic E-state index is 12.3. The number of thioether (sulfide) groups is 1. The lowest BCUT2D eigenvalue weighted by Crippen LogP contribution is -2.45. The van der Waals surface area contributed by atoms with E-state index in [2.05, 4.69) is 5.32 Å². The number of amides is 1. The maximum Gasteiger partial charge on any atom is 0.410 e. The van der Waals surface area contributed by atoms with E-state index in [9.17, 15) is 14.9 Å². The van der Waals surface area contributed by atoms with E-state index < -0.39 is 4.92 Å². The van der Waals surface area contributed by atoms with Gasteiger partial charge in [-0.1, -0.05) is 0 Å². The van der Waals surface area contributed by atoms with Crippen LogP contribution in [0.25, 0.3) is 0 Å². The van der Waals surface area contributed by atoms with Crippen molar-refractivity contribution in [2.24, 2.45) is 0 Å². The molecule has 1 N–H and O–H groups in total. The van der Waals surface area contributed by atoms with E-state index >= 15 is 0 Å². The maximum absolute atomic E-state index is 12.3. The molecule has 7 nitrogen and oxygen atoms in total. The fraction of sp³-hybridized carbons (Fsp3) is 0.533. The van der Waals surface area contributed by atoms with Crippen LogP contribution in [0.3, 0.4) is 0 Å². The first-order valence-electron chi connectivity index (χ1n) is 7.67. The van der Waals surface area contributed by atoms with Gasteiger partial charge in [-0.25, -0.2) is 4.79 Å². The van der Waals surface area contributed by atoms with Crippen LogP contribution in [0.2, 0.25) is 0 Å². The fourth-order valence-corrected chi connectivity index (χ4v) is 4.20. The van der Waals surface area contributed by atoms with Gasteiger partial charge in [0.1, 0.15) is 6.61 Å². The summed E-state index contributed by atoms with van der Waals surface area (Å²) in [6.45, 7) is 1.84. The van der Waals surface area contributed by atoms with Crippen LogP contribution in [0.5, 0.6) is 0 Å². The fourth-order valence-electron chi connectivity index (χ4n) is 2.97. The Morgan fingerprint density at radius 1 is 1.43 bits per heavy atom. The number of nitro groups is 1. The van der Waals surface area contributed by atoms with Gasteiger partial charge in [-0.05, 0) is 30.5 Å². The highest BCUT2D eigenvalue weighted by molar-refractivity contribution is 8.00. The van der Waals surface area contributed by atoms with Gasteiger partial charge >= 0.3 is 6.09 Å². The summed E-state index contributed by atoms with van der Waals surface area (Å²) in [6.07, 6.45) is 1.69. The van der Waals surface area contributed by atoms with E-state index in [0.29, 0.717) is 5.37 Å². The van der Waals surface area contributed by atoms with Crippen molar-refractivity contribution in [3.63, 3.8) is 0 Å². The van der Waals surface area contributed by atoms with Crippen molar-refractivity contribution in [2.75, 3.05) is 18.8 Å². The second kappa shape index (κ2) is 7.18. The molecule has 2 unspecified atom stereocenters. The molecular formula is C15H19N3O4S. The Balaban J connectivity index is 1.55. The molecule has 2 fully saturated rings.